The lowest BCUT2D eigenvalue weighted by Crippen LogP contribution is -2.38. The second-order valence-electron chi connectivity index (χ2n) is 7.80. The van der Waals surface area contributed by atoms with Crippen LogP contribution in [0.3, 0.4) is 0 Å². The molecule has 0 saturated carbocycles. The van der Waals surface area contributed by atoms with Gasteiger partial charge in [-0.05, 0) is 53.6 Å². The van der Waals surface area contributed by atoms with E-state index in [2.05, 4.69) is 24.0 Å². The van der Waals surface area contributed by atoms with Gasteiger partial charge in [0.15, 0.2) is 0 Å². The van der Waals surface area contributed by atoms with Gasteiger partial charge < -0.3 is 19.9 Å². The highest BCUT2D eigenvalue weighted by atomic mass is 16.5. The Hall–Kier alpha value is -3.69. The molecule has 164 valence electrons. The zero-order chi connectivity index (χ0) is 22.7. The first-order chi connectivity index (χ1) is 15.6. The summed E-state index contributed by atoms with van der Waals surface area (Å²) in [5, 5.41) is 9.90. The van der Waals surface area contributed by atoms with Gasteiger partial charge >= 0.3 is 0 Å². The smallest absolute Gasteiger partial charge is 0.205 e. The molecular formula is C26H27N3O3. The Balaban J connectivity index is 1.82. The van der Waals surface area contributed by atoms with Gasteiger partial charge in [-0.3, -0.25) is 4.90 Å². The van der Waals surface area contributed by atoms with Gasteiger partial charge in [-0.15, -0.1) is 0 Å². The molecule has 4 rings (SSSR count). The number of likely N-dealkylation sites (N-methyl/N-ethyl adjacent to an activating group) is 1. The second-order valence-corrected chi connectivity index (χ2v) is 7.80. The van der Waals surface area contributed by atoms with Crippen molar-refractivity contribution in [1.82, 2.24) is 4.90 Å². The van der Waals surface area contributed by atoms with E-state index < -0.39 is 0 Å². The van der Waals surface area contributed by atoms with Crippen molar-refractivity contribution in [2.75, 3.05) is 33.9 Å². The van der Waals surface area contributed by atoms with Crippen LogP contribution in [0.5, 0.6) is 11.5 Å². The summed E-state index contributed by atoms with van der Waals surface area (Å²) in [4.78, 5) is 2.34. The van der Waals surface area contributed by atoms with Crippen LogP contribution >= 0.6 is 0 Å². The van der Waals surface area contributed by atoms with E-state index in [1.165, 1.54) is 0 Å². The van der Waals surface area contributed by atoms with Gasteiger partial charge in [0, 0.05) is 18.7 Å². The molecule has 1 unspecified atom stereocenters. The third-order valence-electron chi connectivity index (χ3n) is 5.96. The minimum absolute atomic E-state index is 0.164. The highest BCUT2D eigenvalue weighted by Crippen LogP contribution is 2.44. The van der Waals surface area contributed by atoms with Crippen LogP contribution in [0.15, 0.2) is 76.9 Å². The molecule has 6 nitrogen and oxygen atoms in total. The SMILES string of the molecule is CCN1CC2=C(OC(N)=C(C#N)C2c2ccc(OC)cc2)/C(=C\c2ccc(OC)cc2)C1. The molecule has 0 bridgehead atoms. The van der Waals surface area contributed by atoms with Crippen LogP contribution in [0, 0.1) is 11.3 Å². The molecule has 2 aromatic rings. The first kappa shape index (κ1) is 21.5. The highest BCUT2D eigenvalue weighted by Gasteiger charge is 2.37. The molecule has 0 aliphatic carbocycles. The molecule has 2 N–H and O–H groups in total. The molecule has 2 aliphatic heterocycles. The maximum atomic E-state index is 9.90. The Morgan fingerprint density at radius 1 is 1.06 bits per heavy atom. The summed E-state index contributed by atoms with van der Waals surface area (Å²) in [5.41, 5.74) is 10.8. The number of hydrogen-bond donors (Lipinski definition) is 1. The van der Waals surface area contributed by atoms with E-state index in [9.17, 15) is 5.26 Å². The third-order valence-corrected chi connectivity index (χ3v) is 5.96. The van der Waals surface area contributed by atoms with E-state index in [4.69, 9.17) is 19.9 Å². The predicted octanol–water partition coefficient (Wildman–Crippen LogP) is 4.18. The molecule has 0 fully saturated rings. The number of benzene rings is 2. The quantitative estimate of drug-likeness (QED) is 0.768. The Bertz CT molecular complexity index is 1120. The Kier molecular flexibility index (Phi) is 6.20. The number of hydrogen-bond acceptors (Lipinski definition) is 6. The van der Waals surface area contributed by atoms with Crippen molar-refractivity contribution in [2.24, 2.45) is 5.73 Å². The monoisotopic (exact) mass is 429 g/mol. The Labute approximate surface area is 188 Å². The van der Waals surface area contributed by atoms with Crippen molar-refractivity contribution in [2.45, 2.75) is 12.8 Å². The summed E-state index contributed by atoms with van der Waals surface area (Å²) in [5.74, 6) is 2.25. The van der Waals surface area contributed by atoms with Crippen molar-refractivity contribution in [3.8, 4) is 17.6 Å². The first-order valence-electron chi connectivity index (χ1n) is 10.6. The maximum absolute atomic E-state index is 9.90. The zero-order valence-electron chi connectivity index (χ0n) is 18.6. The van der Waals surface area contributed by atoms with Gasteiger partial charge in [0.2, 0.25) is 5.88 Å². The normalized spacial score (nSPS) is 19.9. The average Bonchev–Trinajstić information content (AvgIpc) is 2.84. The number of nitrogens with two attached hydrogens (primary N) is 1. The van der Waals surface area contributed by atoms with Crippen LogP contribution in [0.25, 0.3) is 6.08 Å². The molecular weight excluding hydrogens is 402 g/mol. The Morgan fingerprint density at radius 2 is 1.69 bits per heavy atom. The largest absolute Gasteiger partial charge is 0.497 e. The summed E-state index contributed by atoms with van der Waals surface area (Å²) in [6, 6.07) is 18.0. The number of methoxy groups -OCH3 is 2. The summed E-state index contributed by atoms with van der Waals surface area (Å²) < 4.78 is 16.7. The second kappa shape index (κ2) is 9.21. The van der Waals surface area contributed by atoms with Gasteiger partial charge in [-0.25, -0.2) is 0 Å². The molecule has 2 aliphatic rings. The van der Waals surface area contributed by atoms with Crippen LogP contribution in [0.2, 0.25) is 0 Å². The molecule has 6 heteroatoms. The van der Waals surface area contributed by atoms with Crippen LogP contribution in [0.1, 0.15) is 24.0 Å². The van der Waals surface area contributed by atoms with E-state index in [-0.39, 0.29) is 11.8 Å². The van der Waals surface area contributed by atoms with Crippen molar-refractivity contribution < 1.29 is 14.2 Å². The van der Waals surface area contributed by atoms with Crippen molar-refractivity contribution in [3.05, 3.63) is 88.0 Å². The number of allylic oxidation sites excluding steroid dienone is 1. The lowest BCUT2D eigenvalue weighted by Gasteiger charge is -2.38. The molecule has 0 spiro atoms. The molecule has 0 aromatic heterocycles. The summed E-state index contributed by atoms with van der Waals surface area (Å²) in [7, 11) is 3.29. The molecule has 2 aromatic carbocycles. The molecule has 0 amide bonds. The van der Waals surface area contributed by atoms with Gasteiger partial charge in [0.05, 0.1) is 20.1 Å². The predicted molar refractivity (Wildman–Crippen MR) is 124 cm³/mol. The van der Waals surface area contributed by atoms with Crippen LogP contribution in [-0.2, 0) is 4.74 Å². The van der Waals surface area contributed by atoms with E-state index >= 15 is 0 Å². The molecule has 1 atom stereocenters. The van der Waals surface area contributed by atoms with E-state index in [0.717, 1.165) is 52.6 Å². The molecule has 0 radical (unpaired) electrons. The van der Waals surface area contributed by atoms with E-state index in [1.54, 1.807) is 14.2 Å². The lowest BCUT2D eigenvalue weighted by atomic mass is 9.80. The minimum Gasteiger partial charge on any atom is -0.497 e. The zero-order valence-corrected chi connectivity index (χ0v) is 18.6. The maximum Gasteiger partial charge on any atom is 0.205 e. The van der Waals surface area contributed by atoms with Gasteiger partial charge in [0.1, 0.15) is 28.9 Å². The van der Waals surface area contributed by atoms with Gasteiger partial charge in [-0.2, -0.15) is 5.26 Å². The first-order valence-corrected chi connectivity index (χ1v) is 10.6. The van der Waals surface area contributed by atoms with E-state index in [0.29, 0.717) is 12.1 Å². The molecule has 0 saturated heterocycles. The van der Waals surface area contributed by atoms with Crippen LogP contribution < -0.4 is 15.2 Å². The number of rotatable bonds is 5. The number of nitrogens with zero attached hydrogens (tertiary/aromatic N) is 2. The van der Waals surface area contributed by atoms with Gasteiger partial charge in [0.25, 0.3) is 0 Å². The van der Waals surface area contributed by atoms with Crippen molar-refractivity contribution in [3.63, 3.8) is 0 Å². The summed E-state index contributed by atoms with van der Waals surface area (Å²) in [6.07, 6.45) is 2.12. The van der Waals surface area contributed by atoms with Crippen molar-refractivity contribution >= 4 is 6.08 Å². The van der Waals surface area contributed by atoms with E-state index in [1.807, 2.05) is 48.5 Å². The topological polar surface area (TPSA) is 80.7 Å². The highest BCUT2D eigenvalue weighted by molar-refractivity contribution is 5.63. The fourth-order valence-electron chi connectivity index (χ4n) is 4.24. The third kappa shape index (κ3) is 4.08. The average molecular weight is 430 g/mol. The number of ether oxygens (including phenoxy) is 3. The summed E-state index contributed by atoms with van der Waals surface area (Å²) >= 11 is 0. The molecule has 32 heavy (non-hydrogen) atoms. The Morgan fingerprint density at radius 3 is 2.25 bits per heavy atom. The summed E-state index contributed by atoms with van der Waals surface area (Å²) in [6.45, 7) is 4.47. The standard InChI is InChI=1S/C26H27N3O3/c1-4-29-15-19(13-17-5-9-20(30-2)10-6-17)25-23(16-29)24(22(14-27)26(28)32-25)18-7-11-21(31-3)12-8-18/h5-13,24H,4,15-16,28H2,1-3H3/b19-13-. The minimum atomic E-state index is -0.261. The fourth-order valence-corrected chi connectivity index (χ4v) is 4.24. The number of nitriles is 1. The van der Waals surface area contributed by atoms with Crippen LogP contribution in [-0.4, -0.2) is 38.8 Å². The van der Waals surface area contributed by atoms with Crippen LogP contribution in [0.4, 0.5) is 0 Å². The van der Waals surface area contributed by atoms with Crippen molar-refractivity contribution in [1.29, 1.82) is 5.26 Å². The lowest BCUT2D eigenvalue weighted by molar-refractivity contribution is 0.239. The fraction of sp³-hybridized carbons (Fsp3) is 0.269. The molecule has 2 heterocycles. The van der Waals surface area contributed by atoms with Gasteiger partial charge in [-0.1, -0.05) is 31.2 Å².